The molecule has 2 heterocycles. The van der Waals surface area contributed by atoms with Gasteiger partial charge in [-0.15, -0.1) is 10.2 Å². The number of carbonyl (C=O) groups excluding carboxylic acids is 1. The van der Waals surface area contributed by atoms with Gasteiger partial charge in [-0.25, -0.2) is 0 Å². The number of thioether (sulfide) groups is 1. The molecule has 0 bridgehead atoms. The molecule has 2 aromatic heterocycles. The van der Waals surface area contributed by atoms with Crippen molar-refractivity contribution in [1.29, 1.82) is 0 Å². The molecule has 0 aliphatic rings. The van der Waals surface area contributed by atoms with Crippen molar-refractivity contribution in [3.8, 4) is 11.4 Å². The van der Waals surface area contributed by atoms with Crippen LogP contribution in [0.25, 0.3) is 11.4 Å². The van der Waals surface area contributed by atoms with Gasteiger partial charge in [-0.05, 0) is 43.7 Å². The third-order valence-electron chi connectivity index (χ3n) is 3.71. The summed E-state index contributed by atoms with van der Waals surface area (Å²) >= 11 is 1.38. The molecule has 6 nitrogen and oxygen atoms in total. The van der Waals surface area contributed by atoms with Crippen molar-refractivity contribution in [1.82, 2.24) is 19.7 Å². The van der Waals surface area contributed by atoms with Crippen LogP contribution in [0.1, 0.15) is 12.5 Å². The van der Waals surface area contributed by atoms with E-state index in [2.05, 4.69) is 20.5 Å². The monoisotopic (exact) mass is 353 g/mol. The summed E-state index contributed by atoms with van der Waals surface area (Å²) in [6, 6.07) is 11.5. The largest absolute Gasteiger partial charge is 0.325 e. The maximum Gasteiger partial charge on any atom is 0.237 e. The number of aromatic nitrogens is 4. The van der Waals surface area contributed by atoms with Gasteiger partial charge >= 0.3 is 0 Å². The molecule has 0 spiro atoms. The fourth-order valence-electron chi connectivity index (χ4n) is 2.35. The lowest BCUT2D eigenvalue weighted by molar-refractivity contribution is -0.115. The number of benzene rings is 1. The standard InChI is InChI=1S/C18H19N5OS/c1-12-5-4-6-15(11-12)20-17(24)13(2)25-18-22-21-16(23(18)3)14-7-9-19-10-8-14/h4-11,13H,1-3H3,(H,20,24)/t13-/m1/s1. The zero-order chi connectivity index (χ0) is 17.8. The van der Waals surface area contributed by atoms with E-state index in [-0.39, 0.29) is 11.2 Å². The molecule has 1 amide bonds. The molecule has 1 N–H and O–H groups in total. The van der Waals surface area contributed by atoms with Crippen LogP contribution < -0.4 is 5.32 Å². The van der Waals surface area contributed by atoms with Crippen molar-refractivity contribution in [2.24, 2.45) is 7.05 Å². The molecule has 128 valence electrons. The van der Waals surface area contributed by atoms with E-state index in [0.717, 1.165) is 22.6 Å². The number of hydrogen-bond acceptors (Lipinski definition) is 5. The molecule has 3 aromatic rings. The molecule has 0 saturated carbocycles. The Kier molecular flexibility index (Phi) is 5.14. The highest BCUT2D eigenvalue weighted by Crippen LogP contribution is 2.26. The van der Waals surface area contributed by atoms with E-state index in [4.69, 9.17) is 0 Å². The molecule has 0 saturated heterocycles. The molecule has 0 radical (unpaired) electrons. The normalized spacial score (nSPS) is 12.0. The second-order valence-corrected chi connectivity index (χ2v) is 7.03. The maximum absolute atomic E-state index is 12.4. The average molecular weight is 353 g/mol. The number of amides is 1. The first-order chi connectivity index (χ1) is 12.0. The number of nitrogens with zero attached hydrogens (tertiary/aromatic N) is 4. The SMILES string of the molecule is Cc1cccc(NC(=O)[C@@H](C)Sc2nnc(-c3ccncc3)n2C)c1. The van der Waals surface area contributed by atoms with Crippen LogP contribution in [0.4, 0.5) is 5.69 Å². The molecule has 0 aliphatic heterocycles. The Hall–Kier alpha value is -2.67. The fraction of sp³-hybridized carbons (Fsp3) is 0.222. The number of nitrogens with one attached hydrogen (secondary N) is 1. The number of rotatable bonds is 5. The molecule has 0 aliphatic carbocycles. The van der Waals surface area contributed by atoms with Gasteiger partial charge in [0.25, 0.3) is 0 Å². The minimum atomic E-state index is -0.297. The Balaban J connectivity index is 1.70. The molecule has 25 heavy (non-hydrogen) atoms. The second kappa shape index (κ2) is 7.48. The van der Waals surface area contributed by atoms with Gasteiger partial charge in [0, 0.05) is 30.7 Å². The van der Waals surface area contributed by atoms with Crippen molar-refractivity contribution < 1.29 is 4.79 Å². The topological polar surface area (TPSA) is 72.7 Å². The van der Waals surface area contributed by atoms with Crippen LogP contribution in [0, 0.1) is 6.92 Å². The van der Waals surface area contributed by atoms with E-state index in [0.29, 0.717) is 5.16 Å². The first-order valence-corrected chi connectivity index (χ1v) is 8.76. The summed E-state index contributed by atoms with van der Waals surface area (Å²) in [5.74, 6) is 0.681. The van der Waals surface area contributed by atoms with Crippen LogP contribution >= 0.6 is 11.8 Å². The Labute approximate surface area is 150 Å². The summed E-state index contributed by atoms with van der Waals surface area (Å²) in [5, 5.41) is 11.8. The van der Waals surface area contributed by atoms with Crippen LogP contribution in [0.2, 0.25) is 0 Å². The lowest BCUT2D eigenvalue weighted by Gasteiger charge is -2.12. The minimum Gasteiger partial charge on any atom is -0.325 e. The van der Waals surface area contributed by atoms with Crippen molar-refractivity contribution in [3.63, 3.8) is 0 Å². The van der Waals surface area contributed by atoms with E-state index < -0.39 is 0 Å². The summed E-state index contributed by atoms with van der Waals surface area (Å²) in [6.45, 7) is 3.85. The average Bonchev–Trinajstić information content (AvgIpc) is 2.96. The highest BCUT2D eigenvalue weighted by molar-refractivity contribution is 8.00. The zero-order valence-corrected chi connectivity index (χ0v) is 15.1. The molecule has 3 rings (SSSR count). The number of carbonyl (C=O) groups is 1. The summed E-state index contributed by atoms with van der Waals surface area (Å²) in [4.78, 5) is 16.4. The molecule has 1 aromatic carbocycles. The van der Waals surface area contributed by atoms with Gasteiger partial charge in [0.2, 0.25) is 5.91 Å². The van der Waals surface area contributed by atoms with Gasteiger partial charge in [-0.2, -0.15) is 0 Å². The molecule has 1 atom stereocenters. The van der Waals surface area contributed by atoms with Gasteiger partial charge in [0.1, 0.15) is 0 Å². The fourth-order valence-corrected chi connectivity index (χ4v) is 3.16. The molecule has 0 unspecified atom stereocenters. The van der Waals surface area contributed by atoms with Gasteiger partial charge in [-0.3, -0.25) is 9.78 Å². The van der Waals surface area contributed by atoms with E-state index in [9.17, 15) is 4.79 Å². The second-order valence-electron chi connectivity index (χ2n) is 5.72. The quantitative estimate of drug-likeness (QED) is 0.713. The third kappa shape index (κ3) is 4.06. The van der Waals surface area contributed by atoms with E-state index in [1.165, 1.54) is 11.8 Å². The Bertz CT molecular complexity index is 878. The van der Waals surface area contributed by atoms with Crippen molar-refractivity contribution in [3.05, 3.63) is 54.4 Å². The van der Waals surface area contributed by atoms with Crippen LogP contribution in [0.5, 0.6) is 0 Å². The number of pyridine rings is 1. The van der Waals surface area contributed by atoms with Gasteiger partial charge < -0.3 is 9.88 Å². The summed E-state index contributed by atoms with van der Waals surface area (Å²) in [7, 11) is 1.89. The van der Waals surface area contributed by atoms with Crippen LogP contribution in [0.3, 0.4) is 0 Å². The maximum atomic E-state index is 12.4. The van der Waals surface area contributed by atoms with E-state index >= 15 is 0 Å². The first-order valence-electron chi connectivity index (χ1n) is 7.88. The molecular formula is C18H19N5OS. The molecule has 7 heteroatoms. The Morgan fingerprint density at radius 1 is 1.20 bits per heavy atom. The predicted octanol–water partition coefficient (Wildman–Crippen LogP) is 3.30. The van der Waals surface area contributed by atoms with Gasteiger partial charge in [0.15, 0.2) is 11.0 Å². The third-order valence-corrected chi connectivity index (χ3v) is 4.84. The highest BCUT2D eigenvalue weighted by atomic mass is 32.2. The zero-order valence-electron chi connectivity index (χ0n) is 14.3. The summed E-state index contributed by atoms with van der Waals surface area (Å²) in [6.07, 6.45) is 3.43. The minimum absolute atomic E-state index is 0.0657. The van der Waals surface area contributed by atoms with E-state index in [1.54, 1.807) is 12.4 Å². The summed E-state index contributed by atoms with van der Waals surface area (Å²) < 4.78 is 1.89. The van der Waals surface area contributed by atoms with Gasteiger partial charge in [0.05, 0.1) is 5.25 Å². The smallest absolute Gasteiger partial charge is 0.237 e. The lowest BCUT2D eigenvalue weighted by atomic mass is 10.2. The predicted molar refractivity (Wildman–Crippen MR) is 99.4 cm³/mol. The number of anilines is 1. The number of hydrogen-bond donors (Lipinski definition) is 1. The van der Waals surface area contributed by atoms with Crippen molar-refractivity contribution in [2.45, 2.75) is 24.3 Å². The van der Waals surface area contributed by atoms with Gasteiger partial charge in [-0.1, -0.05) is 23.9 Å². The molecular weight excluding hydrogens is 334 g/mol. The van der Waals surface area contributed by atoms with Crippen LogP contribution in [-0.2, 0) is 11.8 Å². The Morgan fingerprint density at radius 3 is 2.68 bits per heavy atom. The summed E-state index contributed by atoms with van der Waals surface area (Å²) in [5.41, 5.74) is 2.84. The van der Waals surface area contributed by atoms with Crippen molar-refractivity contribution >= 4 is 23.4 Å². The van der Waals surface area contributed by atoms with E-state index in [1.807, 2.05) is 61.9 Å². The van der Waals surface area contributed by atoms with Crippen molar-refractivity contribution in [2.75, 3.05) is 5.32 Å². The van der Waals surface area contributed by atoms with Crippen LogP contribution in [-0.4, -0.2) is 30.9 Å². The molecule has 0 fully saturated rings. The first kappa shape index (κ1) is 17.2. The van der Waals surface area contributed by atoms with Crippen LogP contribution in [0.15, 0.2) is 53.9 Å². The highest BCUT2D eigenvalue weighted by Gasteiger charge is 2.19. The number of aryl methyl sites for hydroxylation is 1. The Morgan fingerprint density at radius 2 is 1.96 bits per heavy atom. The lowest BCUT2D eigenvalue weighted by Crippen LogP contribution is -2.22.